The molecule has 10 heteroatoms. The largest absolute Gasteiger partial charge is 0.417 e. The Morgan fingerprint density at radius 1 is 1.16 bits per heavy atom. The molecule has 0 unspecified atom stereocenters. The van der Waals surface area contributed by atoms with Crippen LogP contribution in [-0.4, -0.2) is 15.7 Å². The molecule has 0 atom stereocenters. The first kappa shape index (κ1) is 18.8. The average molecular weight is 365 g/mol. The highest BCUT2D eigenvalue weighted by Crippen LogP contribution is 2.37. The summed E-state index contributed by atoms with van der Waals surface area (Å²) in [5.41, 5.74) is -3.34. The number of aryl methyl sites for hydroxylation is 1. The van der Waals surface area contributed by atoms with Gasteiger partial charge in [-0.05, 0) is 32.0 Å². The second-order valence-electron chi connectivity index (χ2n) is 5.17. The van der Waals surface area contributed by atoms with Gasteiger partial charge in [0.2, 0.25) is 0 Å². The van der Waals surface area contributed by atoms with Crippen molar-refractivity contribution in [3.05, 3.63) is 46.8 Å². The third kappa shape index (κ3) is 3.94. The van der Waals surface area contributed by atoms with Crippen LogP contribution in [0.4, 0.5) is 32.0 Å². The van der Waals surface area contributed by atoms with Gasteiger partial charge in [-0.1, -0.05) is 0 Å². The number of rotatable bonds is 3. The molecule has 0 aliphatic heterocycles. The maximum Gasteiger partial charge on any atom is 0.417 e. The van der Waals surface area contributed by atoms with Crippen LogP contribution in [0.2, 0.25) is 0 Å². The van der Waals surface area contributed by atoms with Crippen LogP contribution in [-0.2, 0) is 18.9 Å². The Balaban J connectivity index is 2.43. The van der Waals surface area contributed by atoms with Gasteiger partial charge in [0.1, 0.15) is 0 Å². The Morgan fingerprint density at radius 2 is 1.80 bits per heavy atom. The summed E-state index contributed by atoms with van der Waals surface area (Å²) in [5, 5.41) is 6.18. The Morgan fingerprint density at radius 3 is 2.28 bits per heavy atom. The van der Waals surface area contributed by atoms with Crippen molar-refractivity contribution >= 4 is 11.6 Å². The van der Waals surface area contributed by atoms with E-state index in [1.165, 1.54) is 10.9 Å². The summed E-state index contributed by atoms with van der Waals surface area (Å²) in [4.78, 5) is 12.2. The van der Waals surface area contributed by atoms with Gasteiger partial charge in [0, 0.05) is 6.54 Å². The van der Waals surface area contributed by atoms with Gasteiger partial charge in [-0.15, -0.1) is 0 Å². The molecule has 0 saturated carbocycles. The summed E-state index contributed by atoms with van der Waals surface area (Å²) >= 11 is 0. The van der Waals surface area contributed by atoms with Gasteiger partial charge in [-0.2, -0.15) is 31.4 Å². The van der Waals surface area contributed by atoms with Crippen molar-refractivity contribution in [3.8, 4) is 0 Å². The van der Waals surface area contributed by atoms with E-state index < -0.39 is 35.0 Å². The molecule has 0 bridgehead atoms. The number of carbonyl (C=O) groups excluding carboxylic acids is 1. The highest BCUT2D eigenvalue weighted by Gasteiger charge is 2.39. The molecule has 2 aromatic rings. The van der Waals surface area contributed by atoms with Crippen LogP contribution in [0.15, 0.2) is 24.4 Å². The van der Waals surface area contributed by atoms with Gasteiger partial charge in [-0.3, -0.25) is 9.48 Å². The van der Waals surface area contributed by atoms with E-state index in [1.54, 1.807) is 13.8 Å². The second kappa shape index (κ2) is 6.41. The van der Waals surface area contributed by atoms with E-state index >= 15 is 0 Å². The zero-order valence-electron chi connectivity index (χ0n) is 13.1. The highest BCUT2D eigenvalue weighted by atomic mass is 19.4. The second-order valence-corrected chi connectivity index (χ2v) is 5.17. The van der Waals surface area contributed by atoms with Crippen LogP contribution in [0.5, 0.6) is 0 Å². The summed E-state index contributed by atoms with van der Waals surface area (Å²) < 4.78 is 78.7. The molecular formula is C15H13F6N3O. The minimum absolute atomic E-state index is 0.0722. The van der Waals surface area contributed by atoms with Crippen LogP contribution in [0, 0.1) is 6.92 Å². The van der Waals surface area contributed by atoms with Crippen molar-refractivity contribution in [1.29, 1.82) is 0 Å². The molecule has 2 rings (SSSR count). The minimum atomic E-state index is -5.11. The van der Waals surface area contributed by atoms with Gasteiger partial charge in [0.25, 0.3) is 5.91 Å². The Hall–Kier alpha value is -2.52. The first-order valence-electron chi connectivity index (χ1n) is 7.07. The molecule has 0 aliphatic rings. The van der Waals surface area contributed by atoms with Crippen molar-refractivity contribution in [2.45, 2.75) is 32.7 Å². The number of carbonyl (C=O) groups is 1. The Labute approximate surface area is 138 Å². The lowest BCUT2D eigenvalue weighted by atomic mass is 10.0. The van der Waals surface area contributed by atoms with Crippen molar-refractivity contribution in [3.63, 3.8) is 0 Å². The molecular weight excluding hydrogens is 352 g/mol. The molecule has 0 spiro atoms. The van der Waals surface area contributed by atoms with Gasteiger partial charge in [0.15, 0.2) is 0 Å². The Bertz CT molecular complexity index is 792. The number of amides is 1. The maximum atomic E-state index is 13.1. The molecule has 1 N–H and O–H groups in total. The van der Waals surface area contributed by atoms with Crippen molar-refractivity contribution in [1.82, 2.24) is 9.78 Å². The molecule has 1 aromatic carbocycles. The summed E-state index contributed by atoms with van der Waals surface area (Å²) in [6.07, 6.45) is -8.81. The highest BCUT2D eigenvalue weighted by molar-refractivity contribution is 6.05. The van der Waals surface area contributed by atoms with Crippen LogP contribution in [0.25, 0.3) is 0 Å². The van der Waals surface area contributed by atoms with E-state index in [0.717, 1.165) is 0 Å². The van der Waals surface area contributed by atoms with E-state index in [1.807, 2.05) is 0 Å². The summed E-state index contributed by atoms with van der Waals surface area (Å²) in [7, 11) is 0. The standard InChI is InChI=1S/C15H13F6N3O/c1-3-24-8(2)12(7-22-24)23-13(25)10-5-4-9(14(16,17)18)6-11(10)15(19,20)21/h4-7H,3H2,1-2H3,(H,23,25). The normalized spacial score (nSPS) is 12.3. The van der Waals surface area contributed by atoms with E-state index in [4.69, 9.17) is 0 Å². The number of hydrogen-bond donors (Lipinski definition) is 1. The number of hydrogen-bond acceptors (Lipinski definition) is 2. The lowest BCUT2D eigenvalue weighted by Crippen LogP contribution is -2.20. The van der Waals surface area contributed by atoms with E-state index in [2.05, 4.69) is 10.4 Å². The van der Waals surface area contributed by atoms with Crippen LogP contribution < -0.4 is 5.32 Å². The predicted molar refractivity (Wildman–Crippen MR) is 77.0 cm³/mol. The fraction of sp³-hybridized carbons (Fsp3) is 0.333. The quantitative estimate of drug-likeness (QED) is 0.814. The first-order valence-corrected chi connectivity index (χ1v) is 7.07. The maximum absolute atomic E-state index is 13.1. The predicted octanol–water partition coefficient (Wildman–Crippen LogP) is 4.50. The number of benzene rings is 1. The number of halogens is 6. The molecule has 4 nitrogen and oxygen atoms in total. The number of anilines is 1. The fourth-order valence-corrected chi connectivity index (χ4v) is 2.23. The van der Waals surface area contributed by atoms with Crippen molar-refractivity contribution in [2.75, 3.05) is 5.32 Å². The molecule has 136 valence electrons. The molecule has 1 heterocycles. The van der Waals surface area contributed by atoms with E-state index in [9.17, 15) is 31.1 Å². The monoisotopic (exact) mass is 365 g/mol. The molecule has 0 saturated heterocycles. The number of nitrogens with zero attached hydrogens (tertiary/aromatic N) is 2. The van der Waals surface area contributed by atoms with Crippen LogP contribution in [0.1, 0.15) is 34.1 Å². The van der Waals surface area contributed by atoms with Crippen LogP contribution >= 0.6 is 0 Å². The lowest BCUT2D eigenvalue weighted by Gasteiger charge is -2.15. The molecule has 25 heavy (non-hydrogen) atoms. The number of alkyl halides is 6. The molecule has 0 fully saturated rings. The number of nitrogens with one attached hydrogen (secondary N) is 1. The summed E-state index contributed by atoms with van der Waals surface area (Å²) in [6, 6.07) is 0.879. The molecule has 1 aromatic heterocycles. The third-order valence-corrected chi connectivity index (χ3v) is 3.55. The zero-order chi connectivity index (χ0) is 19.0. The van der Waals surface area contributed by atoms with Crippen molar-refractivity contribution < 1.29 is 31.1 Å². The summed E-state index contributed by atoms with van der Waals surface area (Å²) in [5.74, 6) is -1.17. The lowest BCUT2D eigenvalue weighted by molar-refractivity contribution is -0.143. The minimum Gasteiger partial charge on any atom is -0.319 e. The van der Waals surface area contributed by atoms with Gasteiger partial charge in [0.05, 0.1) is 34.3 Å². The molecule has 1 amide bonds. The van der Waals surface area contributed by atoms with E-state index in [0.29, 0.717) is 24.4 Å². The molecule has 0 radical (unpaired) electrons. The number of aromatic nitrogens is 2. The first-order chi connectivity index (χ1) is 11.4. The van der Waals surface area contributed by atoms with Gasteiger partial charge < -0.3 is 5.32 Å². The SMILES string of the molecule is CCn1ncc(NC(=O)c2ccc(C(F)(F)F)cc2C(F)(F)F)c1C. The Kier molecular flexibility index (Phi) is 4.83. The third-order valence-electron chi connectivity index (χ3n) is 3.55. The average Bonchev–Trinajstić information content (AvgIpc) is 2.85. The van der Waals surface area contributed by atoms with Gasteiger partial charge >= 0.3 is 12.4 Å². The topological polar surface area (TPSA) is 46.9 Å². The van der Waals surface area contributed by atoms with Crippen LogP contribution in [0.3, 0.4) is 0 Å². The van der Waals surface area contributed by atoms with E-state index in [-0.39, 0.29) is 11.8 Å². The van der Waals surface area contributed by atoms with Gasteiger partial charge in [-0.25, -0.2) is 0 Å². The zero-order valence-corrected chi connectivity index (χ0v) is 13.1. The fourth-order valence-electron chi connectivity index (χ4n) is 2.23. The smallest absolute Gasteiger partial charge is 0.319 e. The summed E-state index contributed by atoms with van der Waals surface area (Å²) in [6.45, 7) is 3.86. The van der Waals surface area contributed by atoms with Crippen molar-refractivity contribution in [2.24, 2.45) is 0 Å². The molecule has 0 aliphatic carbocycles.